The van der Waals surface area contributed by atoms with E-state index in [1.165, 1.54) is 6.07 Å². The van der Waals surface area contributed by atoms with Crippen LogP contribution in [-0.2, 0) is 10.1 Å². The molecule has 3 rings (SSSR count). The lowest BCUT2D eigenvalue weighted by atomic mass is 10.2. The van der Waals surface area contributed by atoms with E-state index in [0.717, 1.165) is 31.4 Å². The predicted molar refractivity (Wildman–Crippen MR) is 92.1 cm³/mol. The summed E-state index contributed by atoms with van der Waals surface area (Å²) in [6, 6.07) is 10.0. The van der Waals surface area contributed by atoms with Crippen molar-refractivity contribution in [2.75, 3.05) is 0 Å². The van der Waals surface area contributed by atoms with Crippen LogP contribution >= 0.6 is 38.6 Å². The van der Waals surface area contributed by atoms with E-state index in [2.05, 4.69) is 20.9 Å². The Kier molecular flexibility index (Phi) is 4.35. The molecule has 0 spiro atoms. The van der Waals surface area contributed by atoms with E-state index in [1.54, 1.807) is 41.7 Å². The van der Waals surface area contributed by atoms with Gasteiger partial charge in [0, 0.05) is 16.6 Å². The SMILES string of the molecule is Cc1csc(-c2ccc(OS(=O)(=O)c3ccc(Br)s3)cc2)n1. The number of thiazole rings is 1. The molecule has 1 aromatic carbocycles. The van der Waals surface area contributed by atoms with Gasteiger partial charge in [0.15, 0.2) is 4.21 Å². The number of nitrogens with zero attached hydrogens (tertiary/aromatic N) is 1. The first kappa shape index (κ1) is 15.7. The maximum Gasteiger partial charge on any atom is 0.348 e. The first-order valence-electron chi connectivity index (χ1n) is 6.16. The summed E-state index contributed by atoms with van der Waals surface area (Å²) in [6.45, 7) is 1.93. The summed E-state index contributed by atoms with van der Waals surface area (Å²) in [7, 11) is -3.79. The topological polar surface area (TPSA) is 56.3 Å². The van der Waals surface area contributed by atoms with E-state index in [-0.39, 0.29) is 9.96 Å². The molecule has 0 aliphatic heterocycles. The van der Waals surface area contributed by atoms with Gasteiger partial charge in [0.05, 0.1) is 3.79 Å². The van der Waals surface area contributed by atoms with Gasteiger partial charge in [-0.2, -0.15) is 8.42 Å². The number of thiophene rings is 1. The fourth-order valence-corrected chi connectivity index (χ4v) is 5.45. The van der Waals surface area contributed by atoms with Crippen molar-refractivity contribution in [3.8, 4) is 16.3 Å². The minimum atomic E-state index is -3.79. The van der Waals surface area contributed by atoms with Crippen molar-refractivity contribution < 1.29 is 12.6 Å². The Hall–Kier alpha value is -1.22. The molecule has 0 saturated heterocycles. The molecular weight excluding hydrogens is 406 g/mol. The zero-order chi connectivity index (χ0) is 15.7. The second-order valence-corrected chi connectivity index (χ2v) is 9.51. The molecule has 3 aromatic rings. The molecule has 4 nitrogen and oxygen atoms in total. The first-order valence-corrected chi connectivity index (χ1v) is 10.1. The summed E-state index contributed by atoms with van der Waals surface area (Å²) in [5.41, 5.74) is 1.90. The molecule has 0 aliphatic carbocycles. The smallest absolute Gasteiger partial charge is 0.348 e. The van der Waals surface area contributed by atoms with Gasteiger partial charge in [0.25, 0.3) is 0 Å². The number of halogens is 1. The lowest BCUT2D eigenvalue weighted by Gasteiger charge is -2.05. The Morgan fingerprint density at radius 1 is 1.14 bits per heavy atom. The number of hydrogen-bond donors (Lipinski definition) is 0. The second kappa shape index (κ2) is 6.11. The van der Waals surface area contributed by atoms with Gasteiger partial charge in [-0.25, -0.2) is 4.98 Å². The molecule has 0 amide bonds. The molecular formula is C14H10BrNO3S3. The minimum absolute atomic E-state index is 0.166. The van der Waals surface area contributed by atoms with Crippen LogP contribution in [0.2, 0.25) is 0 Å². The highest BCUT2D eigenvalue weighted by Crippen LogP contribution is 2.30. The summed E-state index contributed by atoms with van der Waals surface area (Å²) in [5.74, 6) is 0.279. The average Bonchev–Trinajstić information content (AvgIpc) is 3.08. The van der Waals surface area contributed by atoms with Gasteiger partial charge in [-0.3, -0.25) is 0 Å². The third-order valence-electron chi connectivity index (χ3n) is 2.72. The molecule has 0 atom stereocenters. The molecule has 8 heteroatoms. The quantitative estimate of drug-likeness (QED) is 0.578. The maximum absolute atomic E-state index is 12.1. The average molecular weight is 416 g/mol. The summed E-state index contributed by atoms with van der Waals surface area (Å²) in [6.07, 6.45) is 0. The molecule has 0 unspecified atom stereocenters. The van der Waals surface area contributed by atoms with E-state index in [0.29, 0.717) is 0 Å². The van der Waals surface area contributed by atoms with Crippen LogP contribution < -0.4 is 4.18 Å². The Labute approximate surface area is 144 Å². The Balaban J connectivity index is 1.82. The van der Waals surface area contributed by atoms with Crippen LogP contribution in [0.15, 0.2) is 49.8 Å². The van der Waals surface area contributed by atoms with Crippen molar-refractivity contribution in [3.63, 3.8) is 0 Å². The standard InChI is InChI=1S/C14H10BrNO3S3/c1-9-8-20-14(16-9)10-2-4-11(5-3-10)19-22(17,18)13-7-6-12(15)21-13/h2-8H,1H3. The number of aromatic nitrogens is 1. The maximum atomic E-state index is 12.1. The molecule has 0 radical (unpaired) electrons. The fourth-order valence-electron chi connectivity index (χ4n) is 1.74. The lowest BCUT2D eigenvalue weighted by molar-refractivity contribution is 0.488. The van der Waals surface area contributed by atoms with Gasteiger partial charge in [-0.1, -0.05) is 0 Å². The summed E-state index contributed by atoms with van der Waals surface area (Å²) >= 11 is 5.90. The minimum Gasteiger partial charge on any atom is -0.378 e. The molecule has 2 aromatic heterocycles. The highest BCUT2D eigenvalue weighted by atomic mass is 79.9. The zero-order valence-corrected chi connectivity index (χ0v) is 15.4. The molecule has 22 heavy (non-hydrogen) atoms. The highest BCUT2D eigenvalue weighted by molar-refractivity contribution is 9.11. The Bertz CT molecular complexity index is 898. The van der Waals surface area contributed by atoms with Gasteiger partial charge in [0.2, 0.25) is 0 Å². The van der Waals surface area contributed by atoms with Gasteiger partial charge >= 0.3 is 10.1 Å². The zero-order valence-electron chi connectivity index (χ0n) is 11.3. The molecule has 0 saturated carbocycles. The van der Waals surface area contributed by atoms with Crippen molar-refractivity contribution in [3.05, 3.63) is 51.3 Å². The third kappa shape index (κ3) is 3.40. The summed E-state index contributed by atoms with van der Waals surface area (Å²) < 4.78 is 30.3. The van der Waals surface area contributed by atoms with Crippen molar-refractivity contribution in [2.45, 2.75) is 11.1 Å². The normalized spacial score (nSPS) is 11.5. The van der Waals surface area contributed by atoms with E-state index in [1.807, 2.05) is 12.3 Å². The first-order chi connectivity index (χ1) is 10.4. The van der Waals surface area contributed by atoms with E-state index < -0.39 is 10.1 Å². The van der Waals surface area contributed by atoms with Gasteiger partial charge in [0.1, 0.15) is 10.8 Å². The van der Waals surface area contributed by atoms with Crippen LogP contribution in [0.3, 0.4) is 0 Å². The summed E-state index contributed by atoms with van der Waals surface area (Å²) in [5, 5.41) is 2.87. The number of hydrogen-bond acceptors (Lipinski definition) is 6. The molecule has 0 fully saturated rings. The van der Waals surface area contributed by atoms with Crippen molar-refractivity contribution in [1.29, 1.82) is 0 Å². The lowest BCUT2D eigenvalue weighted by Crippen LogP contribution is -2.07. The van der Waals surface area contributed by atoms with Crippen molar-refractivity contribution in [2.24, 2.45) is 0 Å². The van der Waals surface area contributed by atoms with E-state index >= 15 is 0 Å². The van der Waals surface area contributed by atoms with Crippen LogP contribution in [0.1, 0.15) is 5.69 Å². The molecule has 0 aliphatic rings. The van der Waals surface area contributed by atoms with Gasteiger partial charge in [-0.15, -0.1) is 22.7 Å². The van der Waals surface area contributed by atoms with E-state index in [4.69, 9.17) is 4.18 Å². The van der Waals surface area contributed by atoms with Crippen LogP contribution in [0.25, 0.3) is 10.6 Å². The van der Waals surface area contributed by atoms with Crippen molar-refractivity contribution >= 4 is 48.7 Å². The number of aryl methyl sites for hydroxylation is 1. The van der Waals surface area contributed by atoms with Gasteiger partial charge < -0.3 is 4.18 Å². The molecule has 2 heterocycles. The molecule has 0 N–H and O–H groups in total. The number of benzene rings is 1. The Morgan fingerprint density at radius 3 is 2.41 bits per heavy atom. The number of rotatable bonds is 4. The Morgan fingerprint density at radius 2 is 1.86 bits per heavy atom. The van der Waals surface area contributed by atoms with Crippen LogP contribution in [0.5, 0.6) is 5.75 Å². The van der Waals surface area contributed by atoms with Crippen LogP contribution in [-0.4, -0.2) is 13.4 Å². The van der Waals surface area contributed by atoms with Gasteiger partial charge in [-0.05, 0) is 59.3 Å². The molecule has 0 bridgehead atoms. The molecule has 114 valence electrons. The third-order valence-corrected chi connectivity index (χ3v) is 7.05. The predicted octanol–water partition coefficient (Wildman–Crippen LogP) is 4.71. The fraction of sp³-hybridized carbons (Fsp3) is 0.0714. The largest absolute Gasteiger partial charge is 0.378 e. The van der Waals surface area contributed by atoms with E-state index in [9.17, 15) is 8.42 Å². The monoisotopic (exact) mass is 415 g/mol. The highest BCUT2D eigenvalue weighted by Gasteiger charge is 2.19. The summed E-state index contributed by atoms with van der Waals surface area (Å²) in [4.78, 5) is 4.39. The van der Waals surface area contributed by atoms with Crippen LogP contribution in [0, 0.1) is 6.92 Å². The van der Waals surface area contributed by atoms with Crippen molar-refractivity contribution in [1.82, 2.24) is 4.98 Å². The second-order valence-electron chi connectivity index (χ2n) is 4.41. The van der Waals surface area contributed by atoms with Crippen LogP contribution in [0.4, 0.5) is 0 Å².